The lowest BCUT2D eigenvalue weighted by atomic mass is 9.98. The van der Waals surface area contributed by atoms with Gasteiger partial charge in [-0.2, -0.15) is 0 Å². The van der Waals surface area contributed by atoms with Gasteiger partial charge >= 0.3 is 0 Å². The first-order valence-corrected chi connectivity index (χ1v) is 5.64. The van der Waals surface area contributed by atoms with Crippen molar-refractivity contribution < 1.29 is 4.74 Å². The predicted molar refractivity (Wildman–Crippen MR) is 63.9 cm³/mol. The maximum atomic E-state index is 5.37. The van der Waals surface area contributed by atoms with E-state index in [1.165, 1.54) is 17.5 Å². The molecule has 0 saturated heterocycles. The molecule has 0 radical (unpaired) electrons. The minimum Gasteiger partial charge on any atom is -0.375 e. The molecule has 15 heavy (non-hydrogen) atoms. The number of ether oxygens (including phenoxy) is 1. The summed E-state index contributed by atoms with van der Waals surface area (Å²) in [7, 11) is 0. The van der Waals surface area contributed by atoms with Crippen molar-refractivity contribution in [2.24, 2.45) is 5.73 Å². The number of hydrogen-bond donors (Lipinski definition) is 1. The van der Waals surface area contributed by atoms with Crippen LogP contribution in [0.1, 0.15) is 37.3 Å². The summed E-state index contributed by atoms with van der Waals surface area (Å²) in [4.78, 5) is 0. The fourth-order valence-electron chi connectivity index (χ4n) is 1.45. The van der Waals surface area contributed by atoms with Gasteiger partial charge in [0.1, 0.15) is 0 Å². The van der Waals surface area contributed by atoms with Crippen LogP contribution in [0.2, 0.25) is 0 Å². The zero-order valence-electron chi connectivity index (χ0n) is 9.70. The van der Waals surface area contributed by atoms with Crippen molar-refractivity contribution in [1.82, 2.24) is 0 Å². The van der Waals surface area contributed by atoms with Gasteiger partial charge in [0.15, 0.2) is 0 Å². The first-order valence-electron chi connectivity index (χ1n) is 5.64. The topological polar surface area (TPSA) is 35.2 Å². The van der Waals surface area contributed by atoms with Gasteiger partial charge in [0.05, 0.1) is 13.2 Å². The van der Waals surface area contributed by atoms with Crippen LogP contribution in [0.3, 0.4) is 0 Å². The third kappa shape index (κ3) is 4.02. The average Bonchev–Trinajstić information content (AvgIpc) is 2.29. The Balaban J connectivity index is 2.49. The van der Waals surface area contributed by atoms with E-state index >= 15 is 0 Å². The molecule has 1 unspecified atom stereocenters. The van der Waals surface area contributed by atoms with E-state index in [-0.39, 0.29) is 0 Å². The lowest BCUT2D eigenvalue weighted by molar-refractivity contribution is 0.128. The lowest BCUT2D eigenvalue weighted by Gasteiger charge is -2.09. The molecule has 1 rings (SSSR count). The van der Waals surface area contributed by atoms with Gasteiger partial charge in [-0.15, -0.1) is 0 Å². The van der Waals surface area contributed by atoms with Gasteiger partial charge in [0, 0.05) is 6.54 Å². The molecule has 2 nitrogen and oxygen atoms in total. The molecule has 84 valence electrons. The SMILES string of the molecule is CCC(C)c1ccc(COCCN)cc1. The Bertz CT molecular complexity index is 268. The van der Waals surface area contributed by atoms with Crippen LogP contribution in [0.15, 0.2) is 24.3 Å². The normalized spacial score (nSPS) is 12.7. The average molecular weight is 207 g/mol. The summed E-state index contributed by atoms with van der Waals surface area (Å²) in [6.45, 7) is 6.35. The first kappa shape index (κ1) is 12.2. The highest BCUT2D eigenvalue weighted by Gasteiger charge is 2.01. The van der Waals surface area contributed by atoms with E-state index in [0.29, 0.717) is 25.7 Å². The molecule has 2 heteroatoms. The lowest BCUT2D eigenvalue weighted by Crippen LogP contribution is -2.08. The predicted octanol–water partition coefficient (Wildman–Crippen LogP) is 2.68. The van der Waals surface area contributed by atoms with Gasteiger partial charge in [-0.1, -0.05) is 38.1 Å². The van der Waals surface area contributed by atoms with Gasteiger partial charge < -0.3 is 10.5 Å². The Morgan fingerprint density at radius 2 is 1.93 bits per heavy atom. The van der Waals surface area contributed by atoms with E-state index in [0.717, 1.165) is 0 Å². The number of nitrogens with two attached hydrogens (primary N) is 1. The van der Waals surface area contributed by atoms with E-state index in [2.05, 4.69) is 38.1 Å². The minimum atomic E-state index is 0.588. The van der Waals surface area contributed by atoms with Crippen LogP contribution in [-0.2, 0) is 11.3 Å². The van der Waals surface area contributed by atoms with Crippen LogP contribution in [0, 0.1) is 0 Å². The van der Waals surface area contributed by atoms with Crippen molar-refractivity contribution in [3.05, 3.63) is 35.4 Å². The molecular weight excluding hydrogens is 186 g/mol. The molecule has 0 spiro atoms. The van der Waals surface area contributed by atoms with Crippen LogP contribution in [0.25, 0.3) is 0 Å². The molecule has 0 aliphatic carbocycles. The van der Waals surface area contributed by atoms with E-state index in [1.807, 2.05) is 0 Å². The fourth-order valence-corrected chi connectivity index (χ4v) is 1.45. The monoisotopic (exact) mass is 207 g/mol. The van der Waals surface area contributed by atoms with Gasteiger partial charge in [0.2, 0.25) is 0 Å². The molecule has 2 N–H and O–H groups in total. The second-order valence-corrected chi connectivity index (χ2v) is 3.89. The van der Waals surface area contributed by atoms with Gasteiger partial charge in [0.25, 0.3) is 0 Å². The molecule has 0 fully saturated rings. The third-order valence-electron chi connectivity index (χ3n) is 2.69. The Morgan fingerprint density at radius 1 is 1.27 bits per heavy atom. The highest BCUT2D eigenvalue weighted by Crippen LogP contribution is 2.18. The zero-order valence-corrected chi connectivity index (χ0v) is 9.70. The second kappa shape index (κ2) is 6.59. The molecule has 0 saturated carbocycles. The van der Waals surface area contributed by atoms with Crippen molar-refractivity contribution in [1.29, 1.82) is 0 Å². The third-order valence-corrected chi connectivity index (χ3v) is 2.69. The summed E-state index contributed by atoms with van der Waals surface area (Å²) in [6, 6.07) is 8.65. The minimum absolute atomic E-state index is 0.588. The van der Waals surface area contributed by atoms with Crippen LogP contribution >= 0.6 is 0 Å². The smallest absolute Gasteiger partial charge is 0.0717 e. The highest BCUT2D eigenvalue weighted by atomic mass is 16.5. The highest BCUT2D eigenvalue weighted by molar-refractivity contribution is 5.24. The van der Waals surface area contributed by atoms with Gasteiger partial charge in [-0.3, -0.25) is 0 Å². The summed E-state index contributed by atoms with van der Waals surface area (Å²) in [5.41, 5.74) is 7.97. The first-order chi connectivity index (χ1) is 7.27. The second-order valence-electron chi connectivity index (χ2n) is 3.89. The number of rotatable bonds is 6. The largest absolute Gasteiger partial charge is 0.375 e. The number of benzene rings is 1. The maximum Gasteiger partial charge on any atom is 0.0717 e. The maximum absolute atomic E-state index is 5.37. The molecule has 1 atom stereocenters. The molecule has 0 aliphatic rings. The zero-order chi connectivity index (χ0) is 11.1. The molecule has 0 aliphatic heterocycles. The Hall–Kier alpha value is -0.860. The van der Waals surface area contributed by atoms with Crippen molar-refractivity contribution >= 4 is 0 Å². The Kier molecular flexibility index (Phi) is 5.37. The van der Waals surface area contributed by atoms with Crippen molar-refractivity contribution in [3.8, 4) is 0 Å². The quantitative estimate of drug-likeness (QED) is 0.728. The molecule has 0 heterocycles. The fraction of sp³-hybridized carbons (Fsp3) is 0.538. The molecular formula is C13H21NO. The standard InChI is InChI=1S/C13H21NO/c1-3-11(2)13-6-4-12(5-7-13)10-15-9-8-14/h4-7,11H,3,8-10,14H2,1-2H3. The van der Waals surface area contributed by atoms with Crippen molar-refractivity contribution in [2.45, 2.75) is 32.8 Å². The molecule has 1 aromatic rings. The van der Waals surface area contributed by atoms with E-state index < -0.39 is 0 Å². The molecule has 0 amide bonds. The van der Waals surface area contributed by atoms with Crippen LogP contribution in [-0.4, -0.2) is 13.2 Å². The molecule has 0 aromatic heterocycles. The van der Waals surface area contributed by atoms with Crippen molar-refractivity contribution in [2.75, 3.05) is 13.2 Å². The summed E-state index contributed by atoms with van der Waals surface area (Å²) in [5.74, 6) is 0.643. The van der Waals surface area contributed by atoms with E-state index in [4.69, 9.17) is 10.5 Å². The van der Waals surface area contributed by atoms with Gasteiger partial charge in [-0.05, 0) is 23.5 Å². The summed E-state index contributed by atoms with van der Waals surface area (Å²) >= 11 is 0. The molecule has 1 aromatic carbocycles. The van der Waals surface area contributed by atoms with E-state index in [9.17, 15) is 0 Å². The Labute approximate surface area is 92.4 Å². The number of hydrogen-bond acceptors (Lipinski definition) is 2. The van der Waals surface area contributed by atoms with Crippen LogP contribution < -0.4 is 5.73 Å². The summed E-state index contributed by atoms with van der Waals surface area (Å²) in [5, 5.41) is 0. The Morgan fingerprint density at radius 3 is 2.47 bits per heavy atom. The molecule has 0 bridgehead atoms. The van der Waals surface area contributed by atoms with Crippen LogP contribution in [0.5, 0.6) is 0 Å². The summed E-state index contributed by atoms with van der Waals surface area (Å²) in [6.07, 6.45) is 1.18. The van der Waals surface area contributed by atoms with Gasteiger partial charge in [-0.25, -0.2) is 0 Å². The van der Waals surface area contributed by atoms with E-state index in [1.54, 1.807) is 0 Å². The van der Waals surface area contributed by atoms with Crippen LogP contribution in [0.4, 0.5) is 0 Å². The van der Waals surface area contributed by atoms with Crippen molar-refractivity contribution in [3.63, 3.8) is 0 Å². The summed E-state index contributed by atoms with van der Waals surface area (Å²) < 4.78 is 5.37.